The van der Waals surface area contributed by atoms with Crippen LogP contribution in [0, 0.1) is 5.82 Å². The number of hydrogen-bond acceptors (Lipinski definition) is 4. The van der Waals surface area contributed by atoms with Gasteiger partial charge in [0.25, 0.3) is 15.9 Å². The fourth-order valence-corrected chi connectivity index (χ4v) is 2.64. The number of carbonyl (C=O) groups excluding carboxylic acids is 1. The Bertz CT molecular complexity index is 836. The van der Waals surface area contributed by atoms with E-state index in [4.69, 9.17) is 0 Å². The van der Waals surface area contributed by atoms with Crippen molar-refractivity contribution in [1.82, 2.24) is 9.71 Å². The maximum absolute atomic E-state index is 13.7. The summed E-state index contributed by atoms with van der Waals surface area (Å²) >= 11 is 0. The summed E-state index contributed by atoms with van der Waals surface area (Å²) in [5, 5.41) is 0. The van der Waals surface area contributed by atoms with Gasteiger partial charge in [-0.05, 0) is 30.3 Å². The summed E-state index contributed by atoms with van der Waals surface area (Å²) in [6, 6.07) is 5.01. The third kappa shape index (κ3) is 3.83. The van der Waals surface area contributed by atoms with Crippen molar-refractivity contribution in [2.24, 2.45) is 0 Å². The Morgan fingerprint density at radius 3 is 2.35 bits per heavy atom. The number of nitrogens with zero attached hydrogens (tertiary/aromatic N) is 1. The SMILES string of the molecule is O=C(NS(=O)(=O)c1ccc(C(F)(F)F)cc1F)c1ccccn1. The number of carbonyl (C=O) groups is 1. The number of hydrogen-bond donors (Lipinski definition) is 1. The molecule has 1 aromatic heterocycles. The van der Waals surface area contributed by atoms with Gasteiger partial charge in [-0.15, -0.1) is 0 Å². The Morgan fingerprint density at radius 1 is 1.13 bits per heavy atom. The Kier molecular flexibility index (Phi) is 4.37. The maximum atomic E-state index is 13.7. The summed E-state index contributed by atoms with van der Waals surface area (Å²) in [6.07, 6.45) is -3.58. The first-order chi connectivity index (χ1) is 10.6. The molecule has 0 spiro atoms. The topological polar surface area (TPSA) is 76.1 Å². The molecule has 0 aliphatic carbocycles. The molecule has 1 N–H and O–H groups in total. The van der Waals surface area contributed by atoms with Gasteiger partial charge in [-0.1, -0.05) is 6.07 Å². The molecule has 0 radical (unpaired) electrons. The van der Waals surface area contributed by atoms with Crippen LogP contribution in [0.5, 0.6) is 0 Å². The molecule has 1 heterocycles. The van der Waals surface area contributed by atoms with Crippen LogP contribution in [0.2, 0.25) is 0 Å². The van der Waals surface area contributed by atoms with Gasteiger partial charge in [-0.3, -0.25) is 9.78 Å². The van der Waals surface area contributed by atoms with Crippen molar-refractivity contribution in [3.05, 3.63) is 59.7 Å². The van der Waals surface area contributed by atoms with E-state index in [9.17, 15) is 30.8 Å². The molecule has 0 bridgehead atoms. The molecular weight excluding hydrogens is 340 g/mol. The Balaban J connectivity index is 2.32. The van der Waals surface area contributed by atoms with Gasteiger partial charge in [0, 0.05) is 6.20 Å². The van der Waals surface area contributed by atoms with Gasteiger partial charge in [0.1, 0.15) is 16.4 Å². The molecule has 10 heteroatoms. The van der Waals surface area contributed by atoms with E-state index in [1.807, 2.05) is 0 Å². The highest BCUT2D eigenvalue weighted by Gasteiger charge is 2.33. The number of halogens is 4. The van der Waals surface area contributed by atoms with Crippen LogP contribution in [0.25, 0.3) is 0 Å². The van der Waals surface area contributed by atoms with Crippen molar-refractivity contribution in [1.29, 1.82) is 0 Å². The lowest BCUT2D eigenvalue weighted by molar-refractivity contribution is -0.137. The van der Waals surface area contributed by atoms with Crippen molar-refractivity contribution in [3.8, 4) is 0 Å². The number of rotatable bonds is 3. The quantitative estimate of drug-likeness (QED) is 0.864. The predicted molar refractivity (Wildman–Crippen MR) is 70.3 cm³/mol. The van der Waals surface area contributed by atoms with E-state index in [1.165, 1.54) is 29.1 Å². The van der Waals surface area contributed by atoms with Crippen LogP contribution in [0.3, 0.4) is 0 Å². The second-order valence-electron chi connectivity index (χ2n) is 4.29. The first kappa shape index (κ1) is 16.9. The summed E-state index contributed by atoms with van der Waals surface area (Å²) < 4.78 is 76.4. The second kappa shape index (κ2) is 5.95. The fraction of sp³-hybridized carbons (Fsp3) is 0.0769. The van der Waals surface area contributed by atoms with Gasteiger partial charge in [-0.25, -0.2) is 17.5 Å². The van der Waals surface area contributed by atoms with Crippen molar-refractivity contribution in [2.45, 2.75) is 11.1 Å². The molecule has 0 aliphatic rings. The number of benzene rings is 1. The normalized spacial score (nSPS) is 12.0. The van der Waals surface area contributed by atoms with Crippen LogP contribution in [0.4, 0.5) is 17.6 Å². The van der Waals surface area contributed by atoms with E-state index in [-0.39, 0.29) is 11.8 Å². The lowest BCUT2D eigenvalue weighted by Crippen LogP contribution is -2.31. The molecule has 122 valence electrons. The largest absolute Gasteiger partial charge is 0.416 e. The number of nitrogens with one attached hydrogen (secondary N) is 1. The first-order valence-corrected chi connectivity index (χ1v) is 7.44. The highest BCUT2D eigenvalue weighted by molar-refractivity contribution is 7.90. The van der Waals surface area contributed by atoms with Crippen LogP contribution in [0.1, 0.15) is 16.1 Å². The monoisotopic (exact) mass is 348 g/mol. The van der Waals surface area contributed by atoms with Crippen LogP contribution in [-0.4, -0.2) is 19.3 Å². The third-order valence-electron chi connectivity index (χ3n) is 2.67. The van der Waals surface area contributed by atoms with E-state index in [2.05, 4.69) is 4.98 Å². The van der Waals surface area contributed by atoms with E-state index >= 15 is 0 Å². The van der Waals surface area contributed by atoms with Gasteiger partial charge < -0.3 is 0 Å². The van der Waals surface area contributed by atoms with E-state index in [0.29, 0.717) is 12.1 Å². The maximum Gasteiger partial charge on any atom is 0.416 e. The van der Waals surface area contributed by atoms with Crippen LogP contribution < -0.4 is 4.72 Å². The van der Waals surface area contributed by atoms with Crippen LogP contribution in [-0.2, 0) is 16.2 Å². The van der Waals surface area contributed by atoms with Crippen molar-refractivity contribution < 1.29 is 30.8 Å². The number of pyridine rings is 1. The van der Waals surface area contributed by atoms with Gasteiger partial charge in [0.2, 0.25) is 0 Å². The van der Waals surface area contributed by atoms with Gasteiger partial charge in [0.05, 0.1) is 5.56 Å². The third-order valence-corrected chi connectivity index (χ3v) is 4.04. The van der Waals surface area contributed by atoms with E-state index < -0.39 is 38.4 Å². The molecule has 2 aromatic rings. The van der Waals surface area contributed by atoms with Gasteiger partial charge in [-0.2, -0.15) is 13.2 Å². The minimum absolute atomic E-state index is 0.0415. The molecule has 0 unspecified atom stereocenters. The Labute approximate surface area is 128 Å². The summed E-state index contributed by atoms with van der Waals surface area (Å²) in [7, 11) is -4.68. The second-order valence-corrected chi connectivity index (χ2v) is 5.94. The molecule has 0 fully saturated rings. The molecule has 0 aliphatic heterocycles. The van der Waals surface area contributed by atoms with Crippen molar-refractivity contribution in [3.63, 3.8) is 0 Å². The molecule has 1 aromatic carbocycles. The smallest absolute Gasteiger partial charge is 0.266 e. The Hall–Kier alpha value is -2.49. The van der Waals surface area contributed by atoms with E-state index in [0.717, 1.165) is 0 Å². The highest BCUT2D eigenvalue weighted by Crippen LogP contribution is 2.31. The summed E-state index contributed by atoms with van der Waals surface area (Å²) in [6.45, 7) is 0. The average molecular weight is 348 g/mol. The van der Waals surface area contributed by atoms with Gasteiger partial charge in [0.15, 0.2) is 0 Å². The zero-order valence-electron chi connectivity index (χ0n) is 11.1. The molecular formula is C13H8F4N2O3S. The molecule has 0 saturated heterocycles. The van der Waals surface area contributed by atoms with Gasteiger partial charge >= 0.3 is 6.18 Å². The van der Waals surface area contributed by atoms with Crippen molar-refractivity contribution >= 4 is 15.9 Å². The number of amides is 1. The van der Waals surface area contributed by atoms with Crippen LogP contribution in [0.15, 0.2) is 47.5 Å². The molecule has 0 saturated carbocycles. The molecule has 5 nitrogen and oxygen atoms in total. The molecule has 2 rings (SSSR count). The Morgan fingerprint density at radius 2 is 1.83 bits per heavy atom. The molecule has 1 amide bonds. The van der Waals surface area contributed by atoms with Crippen LogP contribution >= 0.6 is 0 Å². The zero-order chi connectivity index (χ0) is 17.3. The zero-order valence-corrected chi connectivity index (χ0v) is 12.0. The first-order valence-electron chi connectivity index (χ1n) is 5.96. The average Bonchev–Trinajstić information content (AvgIpc) is 2.46. The van der Waals surface area contributed by atoms with E-state index in [1.54, 1.807) is 0 Å². The highest BCUT2D eigenvalue weighted by atomic mass is 32.2. The fourth-order valence-electron chi connectivity index (χ4n) is 1.62. The minimum atomic E-state index is -4.82. The molecule has 0 atom stereocenters. The summed E-state index contributed by atoms with van der Waals surface area (Å²) in [4.78, 5) is 14.2. The summed E-state index contributed by atoms with van der Waals surface area (Å²) in [5.41, 5.74) is -1.59. The van der Waals surface area contributed by atoms with Crippen molar-refractivity contribution in [2.75, 3.05) is 0 Å². The number of aromatic nitrogens is 1. The summed E-state index contributed by atoms with van der Waals surface area (Å²) in [5.74, 6) is -2.76. The lowest BCUT2D eigenvalue weighted by atomic mass is 10.2. The predicted octanol–water partition coefficient (Wildman–Crippen LogP) is 2.36. The molecule has 23 heavy (non-hydrogen) atoms. The number of sulfonamides is 1. The minimum Gasteiger partial charge on any atom is -0.266 e. The number of alkyl halides is 3. The lowest BCUT2D eigenvalue weighted by Gasteiger charge is -2.10. The standard InChI is InChI=1S/C13H8F4N2O3S/c14-9-7-8(13(15,16)17)4-5-11(9)23(21,22)19-12(20)10-3-1-2-6-18-10/h1-7H,(H,19,20).